The third-order valence-electron chi connectivity index (χ3n) is 4.70. The predicted octanol–water partition coefficient (Wildman–Crippen LogP) is 5.02. The number of aryl methyl sites for hydroxylation is 2. The zero-order valence-electron chi connectivity index (χ0n) is 15.9. The molecule has 5 nitrogen and oxygen atoms in total. The van der Waals surface area contributed by atoms with Gasteiger partial charge in [0.25, 0.3) is 11.5 Å². The fraction of sp³-hybridized carbons (Fsp3) is 0.0870. The van der Waals surface area contributed by atoms with Crippen LogP contribution in [0.4, 0.5) is 5.69 Å². The maximum Gasteiger partial charge on any atom is 0.265 e. The van der Waals surface area contributed by atoms with E-state index in [4.69, 9.17) is 0 Å². The van der Waals surface area contributed by atoms with Gasteiger partial charge in [0, 0.05) is 10.0 Å². The van der Waals surface area contributed by atoms with Crippen molar-refractivity contribution in [3.05, 3.63) is 98.5 Å². The lowest BCUT2D eigenvalue weighted by atomic mass is 10.1. The van der Waals surface area contributed by atoms with Crippen LogP contribution >= 0.6 is 15.9 Å². The molecule has 0 bridgehead atoms. The molecular weight excluding hydrogens is 430 g/mol. The Kier molecular flexibility index (Phi) is 5.03. The number of halogens is 1. The fourth-order valence-corrected chi connectivity index (χ4v) is 3.82. The van der Waals surface area contributed by atoms with E-state index >= 15 is 0 Å². The largest absolute Gasteiger partial charge is 0.321 e. The van der Waals surface area contributed by atoms with E-state index in [1.807, 2.05) is 43.3 Å². The summed E-state index contributed by atoms with van der Waals surface area (Å²) >= 11 is 3.47. The number of anilines is 1. The number of amides is 1. The molecule has 0 saturated carbocycles. The lowest BCUT2D eigenvalue weighted by Gasteiger charge is -2.12. The highest BCUT2D eigenvalue weighted by atomic mass is 79.9. The summed E-state index contributed by atoms with van der Waals surface area (Å²) in [6.07, 6.45) is 0. The van der Waals surface area contributed by atoms with Crippen LogP contribution in [0.25, 0.3) is 16.6 Å². The minimum Gasteiger partial charge on any atom is -0.321 e. The highest BCUT2D eigenvalue weighted by Gasteiger charge is 2.12. The second kappa shape index (κ2) is 7.64. The van der Waals surface area contributed by atoms with Gasteiger partial charge in [0.2, 0.25) is 0 Å². The third kappa shape index (κ3) is 3.71. The Morgan fingerprint density at radius 3 is 2.45 bits per heavy atom. The molecule has 0 aliphatic carbocycles. The maximum absolute atomic E-state index is 12.9. The van der Waals surface area contributed by atoms with Crippen LogP contribution in [0.1, 0.15) is 21.7 Å². The van der Waals surface area contributed by atoms with Crippen molar-refractivity contribution in [3.63, 3.8) is 0 Å². The number of fused-ring (bicyclic) bond motifs is 1. The van der Waals surface area contributed by atoms with E-state index in [2.05, 4.69) is 26.2 Å². The van der Waals surface area contributed by atoms with Crippen molar-refractivity contribution in [2.24, 2.45) is 0 Å². The highest BCUT2D eigenvalue weighted by Crippen LogP contribution is 2.24. The molecule has 3 aromatic carbocycles. The van der Waals surface area contributed by atoms with Crippen molar-refractivity contribution in [1.29, 1.82) is 0 Å². The van der Waals surface area contributed by atoms with Crippen LogP contribution in [0.15, 0.2) is 76.0 Å². The van der Waals surface area contributed by atoms with Gasteiger partial charge in [-0.2, -0.15) is 0 Å². The summed E-state index contributed by atoms with van der Waals surface area (Å²) < 4.78 is 2.38. The van der Waals surface area contributed by atoms with Crippen LogP contribution in [-0.2, 0) is 0 Å². The zero-order valence-corrected chi connectivity index (χ0v) is 17.5. The van der Waals surface area contributed by atoms with Crippen LogP contribution in [0, 0.1) is 13.8 Å². The molecule has 1 N–H and O–H groups in total. The summed E-state index contributed by atoms with van der Waals surface area (Å²) in [5.74, 6) is 0.372. The summed E-state index contributed by atoms with van der Waals surface area (Å²) in [6.45, 7) is 3.78. The first-order chi connectivity index (χ1) is 13.9. The monoisotopic (exact) mass is 447 g/mol. The summed E-state index contributed by atoms with van der Waals surface area (Å²) in [5.41, 5.74) is 3.51. The predicted molar refractivity (Wildman–Crippen MR) is 119 cm³/mol. The first-order valence-electron chi connectivity index (χ1n) is 9.10. The van der Waals surface area contributed by atoms with E-state index in [0.717, 1.165) is 10.0 Å². The Balaban J connectivity index is 1.65. The Morgan fingerprint density at radius 2 is 1.72 bits per heavy atom. The molecule has 0 aliphatic heterocycles. The Labute approximate surface area is 176 Å². The standard InChI is InChI=1S/C23H18BrN3O2/c1-14-7-12-21(19(24)13-14)26-22(28)16-8-10-17(11-9-16)27-15(2)25-20-6-4-3-5-18(20)23(27)29/h3-13H,1-2H3,(H,26,28). The average molecular weight is 448 g/mol. The van der Waals surface area contributed by atoms with Gasteiger partial charge in [-0.25, -0.2) is 4.98 Å². The number of para-hydroxylation sites is 1. The first kappa shape index (κ1) is 19.1. The molecule has 0 spiro atoms. The highest BCUT2D eigenvalue weighted by molar-refractivity contribution is 9.10. The number of hydrogen-bond acceptors (Lipinski definition) is 3. The number of nitrogens with zero attached hydrogens (tertiary/aromatic N) is 2. The lowest BCUT2D eigenvalue weighted by Crippen LogP contribution is -2.22. The number of benzene rings is 3. The molecule has 1 amide bonds. The van der Waals surface area contributed by atoms with Gasteiger partial charge < -0.3 is 5.32 Å². The third-order valence-corrected chi connectivity index (χ3v) is 5.36. The first-order valence-corrected chi connectivity index (χ1v) is 9.90. The second-order valence-electron chi connectivity index (χ2n) is 6.80. The van der Waals surface area contributed by atoms with Crippen LogP contribution in [0.3, 0.4) is 0 Å². The number of carbonyl (C=O) groups is 1. The van der Waals surface area contributed by atoms with Crippen molar-refractivity contribution in [3.8, 4) is 5.69 Å². The van der Waals surface area contributed by atoms with Gasteiger partial charge in [-0.1, -0.05) is 18.2 Å². The number of carbonyl (C=O) groups excluding carboxylic acids is 1. The van der Waals surface area contributed by atoms with E-state index < -0.39 is 0 Å². The van der Waals surface area contributed by atoms with Crippen molar-refractivity contribution in [2.75, 3.05) is 5.32 Å². The Morgan fingerprint density at radius 1 is 1.00 bits per heavy atom. The van der Waals surface area contributed by atoms with Gasteiger partial charge >= 0.3 is 0 Å². The van der Waals surface area contributed by atoms with Gasteiger partial charge in [0.05, 0.1) is 22.3 Å². The average Bonchev–Trinajstić information content (AvgIpc) is 2.70. The molecule has 0 fully saturated rings. The van der Waals surface area contributed by atoms with Crippen LogP contribution in [0.2, 0.25) is 0 Å². The van der Waals surface area contributed by atoms with Crippen molar-refractivity contribution in [2.45, 2.75) is 13.8 Å². The molecule has 1 aromatic heterocycles. The normalized spacial score (nSPS) is 10.9. The van der Waals surface area contributed by atoms with Crippen LogP contribution in [-0.4, -0.2) is 15.5 Å². The quantitative estimate of drug-likeness (QED) is 0.479. The van der Waals surface area contributed by atoms with Gasteiger partial charge in [0.1, 0.15) is 5.82 Å². The Hall–Kier alpha value is -3.25. The van der Waals surface area contributed by atoms with E-state index in [1.54, 1.807) is 41.8 Å². The van der Waals surface area contributed by atoms with Crippen molar-refractivity contribution >= 4 is 38.4 Å². The molecule has 4 aromatic rings. The summed E-state index contributed by atoms with van der Waals surface area (Å²) in [6, 6.07) is 19.9. The van der Waals surface area contributed by atoms with E-state index in [1.165, 1.54) is 0 Å². The molecule has 1 heterocycles. The summed E-state index contributed by atoms with van der Waals surface area (Å²) in [5, 5.41) is 3.45. The minimum absolute atomic E-state index is 0.131. The minimum atomic E-state index is -0.221. The SMILES string of the molecule is Cc1ccc(NC(=O)c2ccc(-n3c(C)nc4ccccc4c3=O)cc2)c(Br)c1. The smallest absolute Gasteiger partial charge is 0.265 e. The molecule has 29 heavy (non-hydrogen) atoms. The van der Waals surface area contributed by atoms with Crippen molar-refractivity contribution < 1.29 is 4.79 Å². The van der Waals surface area contributed by atoms with Crippen LogP contribution < -0.4 is 10.9 Å². The van der Waals surface area contributed by atoms with E-state index in [0.29, 0.717) is 33.7 Å². The van der Waals surface area contributed by atoms with Crippen molar-refractivity contribution in [1.82, 2.24) is 9.55 Å². The lowest BCUT2D eigenvalue weighted by molar-refractivity contribution is 0.102. The number of nitrogens with one attached hydrogen (secondary N) is 1. The second-order valence-corrected chi connectivity index (χ2v) is 7.66. The molecule has 4 rings (SSSR count). The zero-order chi connectivity index (χ0) is 20.5. The number of hydrogen-bond donors (Lipinski definition) is 1. The summed E-state index contributed by atoms with van der Waals surface area (Å²) in [4.78, 5) is 30.0. The number of rotatable bonds is 3. The molecule has 0 atom stereocenters. The maximum atomic E-state index is 12.9. The molecule has 144 valence electrons. The van der Waals surface area contributed by atoms with Crippen LogP contribution in [0.5, 0.6) is 0 Å². The van der Waals surface area contributed by atoms with Gasteiger partial charge in [0.15, 0.2) is 0 Å². The molecule has 0 unspecified atom stereocenters. The van der Waals surface area contributed by atoms with Gasteiger partial charge in [-0.05, 0) is 83.9 Å². The Bertz CT molecular complexity index is 1290. The molecule has 0 radical (unpaired) electrons. The van der Waals surface area contributed by atoms with Gasteiger partial charge in [-0.3, -0.25) is 14.2 Å². The van der Waals surface area contributed by atoms with Gasteiger partial charge in [-0.15, -0.1) is 0 Å². The van der Waals surface area contributed by atoms with E-state index in [9.17, 15) is 9.59 Å². The van der Waals surface area contributed by atoms with E-state index in [-0.39, 0.29) is 11.5 Å². The molecule has 0 aliphatic rings. The topological polar surface area (TPSA) is 64.0 Å². The number of aromatic nitrogens is 2. The fourth-order valence-electron chi connectivity index (χ4n) is 3.23. The summed E-state index contributed by atoms with van der Waals surface area (Å²) in [7, 11) is 0. The molecule has 6 heteroatoms. The molecular formula is C23H18BrN3O2. The molecule has 0 saturated heterocycles.